The number of imide groups is 1. The van der Waals surface area contributed by atoms with Gasteiger partial charge in [0.25, 0.3) is 0 Å². The zero-order valence-corrected chi connectivity index (χ0v) is 17.0. The number of carbonyl (C=O) groups excluding carboxylic acids is 3. The maximum Gasteiger partial charge on any atom is 0.471 e. The molecule has 0 radical (unpaired) electrons. The summed E-state index contributed by atoms with van der Waals surface area (Å²) in [6, 6.07) is 14.1. The van der Waals surface area contributed by atoms with E-state index in [1.165, 1.54) is 6.07 Å². The lowest BCUT2D eigenvalue weighted by Crippen LogP contribution is -2.52. The van der Waals surface area contributed by atoms with Crippen molar-refractivity contribution in [2.24, 2.45) is 17.8 Å². The highest BCUT2D eigenvalue weighted by atomic mass is 19.4. The first-order chi connectivity index (χ1) is 15.2. The summed E-state index contributed by atoms with van der Waals surface area (Å²) in [5, 5.41) is 0. The van der Waals surface area contributed by atoms with Crippen LogP contribution in [0.5, 0.6) is 0 Å². The molecule has 0 aromatic heterocycles. The summed E-state index contributed by atoms with van der Waals surface area (Å²) in [4.78, 5) is 41.0. The van der Waals surface area contributed by atoms with Gasteiger partial charge in [-0.25, -0.2) is 0 Å². The number of rotatable bonds is 2. The second-order valence-corrected chi connectivity index (χ2v) is 8.42. The molecule has 0 bridgehead atoms. The number of allylic oxidation sites excluding steroid dienone is 1. The van der Waals surface area contributed by atoms with Crippen LogP contribution in [0.1, 0.15) is 18.1 Å². The molecule has 1 fully saturated rings. The van der Waals surface area contributed by atoms with Gasteiger partial charge in [0.2, 0.25) is 11.8 Å². The van der Waals surface area contributed by atoms with E-state index in [9.17, 15) is 27.6 Å². The monoisotopic (exact) mass is 440 g/mol. The lowest BCUT2D eigenvalue weighted by molar-refractivity contribution is -0.171. The van der Waals surface area contributed by atoms with Crippen LogP contribution in [0.25, 0.3) is 5.57 Å². The molecule has 32 heavy (non-hydrogen) atoms. The van der Waals surface area contributed by atoms with E-state index < -0.39 is 41.8 Å². The molecule has 1 unspecified atom stereocenters. The van der Waals surface area contributed by atoms with Crippen LogP contribution in [-0.2, 0) is 20.9 Å². The summed E-state index contributed by atoms with van der Waals surface area (Å²) in [5.74, 6) is -5.25. The Morgan fingerprint density at radius 1 is 0.938 bits per heavy atom. The predicted molar refractivity (Wildman–Crippen MR) is 110 cm³/mol. The number of halogens is 3. The van der Waals surface area contributed by atoms with Gasteiger partial charge in [0.05, 0.1) is 30.1 Å². The van der Waals surface area contributed by atoms with E-state index in [4.69, 9.17) is 0 Å². The first kappa shape index (κ1) is 20.5. The number of carbonyl (C=O) groups is 3. The summed E-state index contributed by atoms with van der Waals surface area (Å²) < 4.78 is 40.6. The van der Waals surface area contributed by atoms with E-state index in [0.29, 0.717) is 16.0 Å². The van der Waals surface area contributed by atoms with Crippen molar-refractivity contribution in [1.29, 1.82) is 0 Å². The van der Waals surface area contributed by atoms with Gasteiger partial charge in [-0.3, -0.25) is 24.2 Å². The van der Waals surface area contributed by atoms with Gasteiger partial charge in [0.15, 0.2) is 0 Å². The summed E-state index contributed by atoms with van der Waals surface area (Å²) in [7, 11) is 0. The van der Waals surface area contributed by atoms with Gasteiger partial charge in [-0.2, -0.15) is 13.2 Å². The van der Waals surface area contributed by atoms with Crippen molar-refractivity contribution in [3.05, 3.63) is 71.8 Å². The van der Waals surface area contributed by atoms with Crippen LogP contribution < -0.4 is 4.90 Å². The molecule has 1 aliphatic carbocycles. The van der Waals surface area contributed by atoms with Crippen LogP contribution >= 0.6 is 0 Å². The molecule has 2 aliphatic heterocycles. The maximum absolute atomic E-state index is 13.5. The Morgan fingerprint density at radius 3 is 2.25 bits per heavy atom. The van der Waals surface area contributed by atoms with E-state index in [-0.39, 0.29) is 18.2 Å². The van der Waals surface area contributed by atoms with Gasteiger partial charge in [0.1, 0.15) is 0 Å². The summed E-state index contributed by atoms with van der Waals surface area (Å²) in [6.45, 7) is 1.83. The first-order valence-electron chi connectivity index (χ1n) is 10.3. The average Bonchev–Trinajstić information content (AvgIpc) is 3.21. The molecule has 8 heteroatoms. The minimum absolute atomic E-state index is 0.0421. The number of likely N-dealkylation sites (tertiary alicyclic amines) is 1. The predicted octanol–water partition coefficient (Wildman–Crippen LogP) is 3.80. The molecule has 5 rings (SSSR count). The number of para-hydroxylation sites is 1. The summed E-state index contributed by atoms with van der Waals surface area (Å²) in [6.07, 6.45) is -3.37. The van der Waals surface area contributed by atoms with Crippen molar-refractivity contribution < 1.29 is 27.6 Å². The normalized spacial score (nSPS) is 26.6. The van der Waals surface area contributed by atoms with Crippen molar-refractivity contribution in [2.75, 3.05) is 4.90 Å². The average molecular weight is 440 g/mol. The molecule has 164 valence electrons. The Kier molecular flexibility index (Phi) is 4.51. The van der Waals surface area contributed by atoms with Crippen LogP contribution in [0.15, 0.2) is 60.7 Å². The Balaban J connectivity index is 1.61. The van der Waals surface area contributed by atoms with Gasteiger partial charge in [-0.1, -0.05) is 61.5 Å². The Bertz CT molecular complexity index is 1160. The van der Waals surface area contributed by atoms with Gasteiger partial charge in [0, 0.05) is 5.56 Å². The molecule has 3 aliphatic rings. The maximum atomic E-state index is 13.5. The van der Waals surface area contributed by atoms with E-state index in [1.54, 1.807) is 55.5 Å². The number of hydrogen-bond acceptors (Lipinski definition) is 3. The largest absolute Gasteiger partial charge is 0.471 e. The van der Waals surface area contributed by atoms with Gasteiger partial charge in [-0.15, -0.1) is 0 Å². The Labute approximate surface area is 182 Å². The second-order valence-electron chi connectivity index (χ2n) is 8.42. The van der Waals surface area contributed by atoms with E-state index in [2.05, 4.69) is 0 Å². The second kappa shape index (κ2) is 7.05. The fraction of sp³-hybridized carbons (Fsp3) is 0.292. The quantitative estimate of drug-likeness (QED) is 0.668. The topological polar surface area (TPSA) is 57.7 Å². The molecule has 0 spiro atoms. The van der Waals surface area contributed by atoms with Crippen LogP contribution in [0.4, 0.5) is 18.9 Å². The van der Waals surface area contributed by atoms with Crippen molar-refractivity contribution in [2.45, 2.75) is 25.7 Å². The third-order valence-corrected chi connectivity index (χ3v) is 6.55. The molecule has 2 aromatic rings. The fourth-order valence-corrected chi connectivity index (χ4v) is 5.26. The van der Waals surface area contributed by atoms with Gasteiger partial charge in [-0.05, 0) is 23.1 Å². The highest BCUT2D eigenvalue weighted by molar-refractivity contribution is 6.13. The number of amides is 3. The molecule has 1 saturated heterocycles. The number of benzene rings is 2. The van der Waals surface area contributed by atoms with E-state index >= 15 is 0 Å². The number of fused-ring (bicyclic) bond motifs is 5. The van der Waals surface area contributed by atoms with E-state index in [0.717, 1.165) is 10.5 Å². The van der Waals surface area contributed by atoms with Gasteiger partial charge < -0.3 is 0 Å². The Morgan fingerprint density at radius 2 is 1.56 bits per heavy atom. The van der Waals surface area contributed by atoms with Crippen molar-refractivity contribution in [3.8, 4) is 0 Å². The number of anilines is 1. The molecular weight excluding hydrogens is 421 g/mol. The van der Waals surface area contributed by atoms with Crippen molar-refractivity contribution in [3.63, 3.8) is 0 Å². The smallest absolute Gasteiger partial charge is 0.296 e. The highest BCUT2D eigenvalue weighted by Crippen LogP contribution is 2.53. The van der Waals surface area contributed by atoms with Crippen molar-refractivity contribution >= 4 is 29.0 Å². The highest BCUT2D eigenvalue weighted by Gasteiger charge is 2.61. The molecule has 4 atom stereocenters. The van der Waals surface area contributed by atoms with Crippen LogP contribution in [-0.4, -0.2) is 34.8 Å². The zero-order valence-electron chi connectivity index (χ0n) is 17.0. The zero-order chi connectivity index (χ0) is 22.8. The molecule has 3 amide bonds. The standard InChI is InChI=1S/C24H19F3N2O3/c1-13-11-16-15-9-5-6-10-17(15)29(23(32)24(25,26)27)20(16)19-18(13)21(30)28(22(19)31)12-14-7-3-2-4-8-14/h2-11,13,18-20H,12H2,1H3/t13-,18-,19-,20?/m0/s1. The van der Waals surface area contributed by atoms with Crippen LogP contribution in [0.2, 0.25) is 0 Å². The third kappa shape index (κ3) is 2.89. The van der Waals surface area contributed by atoms with Crippen LogP contribution in [0, 0.1) is 17.8 Å². The summed E-state index contributed by atoms with van der Waals surface area (Å²) >= 11 is 0. The molecular formula is C24H19F3N2O3. The minimum Gasteiger partial charge on any atom is -0.296 e. The number of hydrogen-bond donors (Lipinski definition) is 0. The first-order valence-corrected chi connectivity index (χ1v) is 10.3. The van der Waals surface area contributed by atoms with E-state index in [1.807, 2.05) is 6.07 Å². The number of nitrogens with zero attached hydrogens (tertiary/aromatic N) is 2. The SMILES string of the molecule is C[C@H]1C=C2c3ccccc3N(C(=O)C(F)(F)F)C2[C@H]2C(=O)N(Cc3ccccc3)C(=O)[C@H]21. The molecule has 2 aromatic carbocycles. The Hall–Kier alpha value is -3.42. The molecule has 0 saturated carbocycles. The minimum atomic E-state index is -5.11. The third-order valence-electron chi connectivity index (χ3n) is 6.55. The fourth-order valence-electron chi connectivity index (χ4n) is 5.26. The lowest BCUT2D eigenvalue weighted by atomic mass is 9.71. The summed E-state index contributed by atoms with van der Waals surface area (Å²) in [5.41, 5.74) is 1.84. The molecule has 5 nitrogen and oxygen atoms in total. The number of alkyl halides is 3. The van der Waals surface area contributed by atoms with Gasteiger partial charge >= 0.3 is 12.1 Å². The van der Waals surface area contributed by atoms with Crippen molar-refractivity contribution in [1.82, 2.24) is 4.90 Å². The lowest BCUT2D eigenvalue weighted by Gasteiger charge is -2.36. The molecule has 0 N–H and O–H groups in total. The molecule has 2 heterocycles. The van der Waals surface area contributed by atoms with Crippen LogP contribution in [0.3, 0.4) is 0 Å².